The van der Waals surface area contributed by atoms with Crippen molar-refractivity contribution >= 4 is 21.9 Å². The number of hydrogen-bond acceptors (Lipinski definition) is 4. The Kier molecular flexibility index (Phi) is 4.75. The highest BCUT2D eigenvalue weighted by atomic mass is 79.9. The number of rotatable bonds is 5. The first kappa shape index (κ1) is 16.4. The molecule has 0 amide bonds. The molecule has 0 unspecified atom stereocenters. The first-order valence-electron chi connectivity index (χ1n) is 6.65. The number of hydrogen-bond donors (Lipinski definition) is 1. The zero-order chi connectivity index (χ0) is 16.4. The zero-order valence-electron chi connectivity index (χ0n) is 12.8. The number of aromatic nitrogens is 2. The van der Waals surface area contributed by atoms with Crippen molar-refractivity contribution in [1.29, 1.82) is 0 Å². The normalized spacial score (nSPS) is 10.6. The Morgan fingerprint density at radius 3 is 2.41 bits per heavy atom. The SMILES string of the molecule is CCc1c(-c2cc(C(=O)O)nn2C)cc(Br)c(OC)c1OC. The lowest BCUT2D eigenvalue weighted by Gasteiger charge is -2.17. The van der Waals surface area contributed by atoms with E-state index >= 15 is 0 Å². The Labute approximate surface area is 136 Å². The Balaban J connectivity index is 2.75. The molecule has 7 heteroatoms. The van der Waals surface area contributed by atoms with Gasteiger partial charge in [0.1, 0.15) is 0 Å². The number of methoxy groups -OCH3 is 2. The van der Waals surface area contributed by atoms with Crippen LogP contribution >= 0.6 is 15.9 Å². The minimum Gasteiger partial charge on any atom is -0.493 e. The summed E-state index contributed by atoms with van der Waals surface area (Å²) in [5, 5.41) is 13.1. The van der Waals surface area contributed by atoms with Crippen LogP contribution in [0.5, 0.6) is 11.5 Å². The summed E-state index contributed by atoms with van der Waals surface area (Å²) >= 11 is 3.47. The summed E-state index contributed by atoms with van der Waals surface area (Å²) in [7, 11) is 4.87. The molecule has 0 aliphatic rings. The van der Waals surface area contributed by atoms with Crippen LogP contribution in [0, 0.1) is 0 Å². The molecule has 118 valence electrons. The molecule has 0 spiro atoms. The third kappa shape index (κ3) is 2.68. The summed E-state index contributed by atoms with van der Waals surface area (Å²) in [6, 6.07) is 3.44. The van der Waals surface area contributed by atoms with Gasteiger partial charge in [-0.25, -0.2) is 4.79 Å². The summed E-state index contributed by atoms with van der Waals surface area (Å²) in [6.45, 7) is 2.00. The van der Waals surface area contributed by atoms with E-state index in [-0.39, 0.29) is 5.69 Å². The molecule has 6 nitrogen and oxygen atoms in total. The number of carboxylic acids is 1. The van der Waals surface area contributed by atoms with E-state index in [2.05, 4.69) is 21.0 Å². The fourth-order valence-corrected chi connectivity index (χ4v) is 3.03. The number of carboxylic acid groups (broad SMARTS) is 1. The van der Waals surface area contributed by atoms with Gasteiger partial charge in [0.2, 0.25) is 0 Å². The molecule has 0 aliphatic carbocycles. The van der Waals surface area contributed by atoms with Gasteiger partial charge in [-0.05, 0) is 34.5 Å². The topological polar surface area (TPSA) is 73.6 Å². The Morgan fingerprint density at radius 1 is 1.32 bits per heavy atom. The number of benzene rings is 1. The zero-order valence-corrected chi connectivity index (χ0v) is 14.4. The highest BCUT2D eigenvalue weighted by Crippen LogP contribution is 2.43. The standard InChI is InChI=1S/C15H17BrN2O4/c1-5-8-9(6-10(16)14(22-4)13(8)21-3)12-7-11(15(19)20)17-18(12)2/h6-7H,5H2,1-4H3,(H,19,20). The molecular weight excluding hydrogens is 352 g/mol. The molecule has 0 atom stereocenters. The Hall–Kier alpha value is -2.02. The van der Waals surface area contributed by atoms with Gasteiger partial charge in [0.25, 0.3) is 0 Å². The number of halogens is 1. The van der Waals surface area contributed by atoms with E-state index in [1.807, 2.05) is 13.0 Å². The number of carbonyl (C=O) groups is 1. The molecule has 2 rings (SSSR count). The van der Waals surface area contributed by atoms with Crippen LogP contribution in [-0.2, 0) is 13.5 Å². The third-order valence-corrected chi connectivity index (χ3v) is 4.02. The number of ether oxygens (including phenoxy) is 2. The molecule has 1 aromatic heterocycles. The van der Waals surface area contributed by atoms with E-state index in [4.69, 9.17) is 14.6 Å². The van der Waals surface area contributed by atoms with Crippen molar-refractivity contribution in [1.82, 2.24) is 9.78 Å². The molecule has 1 heterocycles. The van der Waals surface area contributed by atoms with Crippen molar-refractivity contribution in [3.8, 4) is 22.8 Å². The Morgan fingerprint density at radius 2 is 1.95 bits per heavy atom. The van der Waals surface area contributed by atoms with Gasteiger partial charge in [0, 0.05) is 18.2 Å². The van der Waals surface area contributed by atoms with E-state index in [0.29, 0.717) is 23.6 Å². The fraction of sp³-hybridized carbons (Fsp3) is 0.333. The number of aryl methyl sites for hydroxylation is 1. The summed E-state index contributed by atoms with van der Waals surface area (Å²) in [6.07, 6.45) is 0.704. The molecular formula is C15H17BrN2O4. The van der Waals surface area contributed by atoms with Crippen molar-refractivity contribution in [3.63, 3.8) is 0 Å². The van der Waals surface area contributed by atoms with Crippen molar-refractivity contribution < 1.29 is 19.4 Å². The lowest BCUT2D eigenvalue weighted by Crippen LogP contribution is -2.02. The van der Waals surface area contributed by atoms with Crippen LogP contribution in [0.15, 0.2) is 16.6 Å². The van der Waals surface area contributed by atoms with Crippen LogP contribution in [0.3, 0.4) is 0 Å². The van der Waals surface area contributed by atoms with E-state index in [1.165, 1.54) is 0 Å². The van der Waals surface area contributed by atoms with E-state index in [9.17, 15) is 4.79 Å². The molecule has 0 fully saturated rings. The highest BCUT2D eigenvalue weighted by molar-refractivity contribution is 9.10. The quantitative estimate of drug-likeness (QED) is 0.877. The average Bonchev–Trinajstić information content (AvgIpc) is 2.88. The fourth-order valence-electron chi connectivity index (χ4n) is 2.46. The molecule has 0 bridgehead atoms. The maximum Gasteiger partial charge on any atom is 0.356 e. The van der Waals surface area contributed by atoms with Crippen LogP contribution in [0.25, 0.3) is 11.3 Å². The van der Waals surface area contributed by atoms with Gasteiger partial charge in [-0.15, -0.1) is 0 Å². The van der Waals surface area contributed by atoms with Crippen molar-refractivity contribution in [3.05, 3.63) is 27.9 Å². The molecule has 0 saturated carbocycles. The molecule has 0 radical (unpaired) electrons. The molecule has 2 aromatic rings. The van der Waals surface area contributed by atoms with Gasteiger partial charge in [-0.3, -0.25) is 4.68 Å². The number of nitrogens with zero attached hydrogens (tertiary/aromatic N) is 2. The smallest absolute Gasteiger partial charge is 0.356 e. The predicted octanol–water partition coefficient (Wildman–Crippen LogP) is 3.13. The summed E-state index contributed by atoms with van der Waals surface area (Å²) in [4.78, 5) is 11.1. The largest absolute Gasteiger partial charge is 0.493 e. The van der Waals surface area contributed by atoms with Crippen molar-refractivity contribution in [2.45, 2.75) is 13.3 Å². The van der Waals surface area contributed by atoms with Gasteiger partial charge in [-0.2, -0.15) is 5.10 Å². The van der Waals surface area contributed by atoms with Crippen LogP contribution in [0.1, 0.15) is 23.0 Å². The van der Waals surface area contributed by atoms with Crippen LogP contribution in [0.4, 0.5) is 0 Å². The first-order valence-corrected chi connectivity index (χ1v) is 7.44. The first-order chi connectivity index (χ1) is 10.4. The second kappa shape index (κ2) is 6.39. The van der Waals surface area contributed by atoms with Crippen molar-refractivity contribution in [2.75, 3.05) is 14.2 Å². The lowest BCUT2D eigenvalue weighted by atomic mass is 10.00. The monoisotopic (exact) mass is 368 g/mol. The van der Waals surface area contributed by atoms with E-state index in [1.54, 1.807) is 32.0 Å². The average molecular weight is 369 g/mol. The maximum absolute atomic E-state index is 11.1. The van der Waals surface area contributed by atoms with Gasteiger partial charge >= 0.3 is 5.97 Å². The van der Waals surface area contributed by atoms with Gasteiger partial charge < -0.3 is 14.6 Å². The summed E-state index contributed by atoms with van der Waals surface area (Å²) in [5.74, 6) is 0.190. The second-order valence-corrected chi connectivity index (χ2v) is 5.50. The maximum atomic E-state index is 11.1. The van der Waals surface area contributed by atoms with E-state index < -0.39 is 5.97 Å². The minimum absolute atomic E-state index is 0.00506. The molecule has 0 aliphatic heterocycles. The van der Waals surface area contributed by atoms with Crippen molar-refractivity contribution in [2.24, 2.45) is 7.05 Å². The van der Waals surface area contributed by atoms with Crippen LogP contribution in [0.2, 0.25) is 0 Å². The minimum atomic E-state index is -1.06. The predicted molar refractivity (Wildman–Crippen MR) is 85.8 cm³/mol. The Bertz CT molecular complexity index is 725. The van der Waals surface area contributed by atoms with E-state index in [0.717, 1.165) is 15.6 Å². The summed E-state index contributed by atoms with van der Waals surface area (Å²) in [5.41, 5.74) is 2.50. The lowest BCUT2D eigenvalue weighted by molar-refractivity contribution is 0.0689. The molecule has 1 N–H and O–H groups in total. The van der Waals surface area contributed by atoms with Gasteiger partial charge in [-0.1, -0.05) is 6.92 Å². The summed E-state index contributed by atoms with van der Waals surface area (Å²) < 4.78 is 13.2. The second-order valence-electron chi connectivity index (χ2n) is 4.65. The van der Waals surface area contributed by atoms with Crippen LogP contribution in [-0.4, -0.2) is 35.1 Å². The van der Waals surface area contributed by atoms with Crippen LogP contribution < -0.4 is 9.47 Å². The highest BCUT2D eigenvalue weighted by Gasteiger charge is 2.21. The van der Waals surface area contributed by atoms with Gasteiger partial charge in [0.15, 0.2) is 17.2 Å². The number of aromatic carboxylic acids is 1. The molecule has 0 saturated heterocycles. The van der Waals surface area contributed by atoms with Gasteiger partial charge in [0.05, 0.1) is 24.4 Å². The molecule has 1 aromatic carbocycles. The molecule has 22 heavy (non-hydrogen) atoms. The third-order valence-electron chi connectivity index (χ3n) is 3.43.